The Morgan fingerprint density at radius 3 is 2.35 bits per heavy atom. The van der Waals surface area contributed by atoms with E-state index in [9.17, 15) is 24.6 Å². The van der Waals surface area contributed by atoms with Gasteiger partial charge in [0.15, 0.2) is 17.8 Å². The van der Waals surface area contributed by atoms with E-state index in [2.05, 4.69) is 0 Å². The predicted molar refractivity (Wildman–Crippen MR) is 112 cm³/mol. The molecule has 2 N–H and O–H groups in total. The second-order valence-corrected chi connectivity index (χ2v) is 7.52. The summed E-state index contributed by atoms with van der Waals surface area (Å²) in [4.78, 5) is 35.1. The lowest BCUT2D eigenvalue weighted by atomic mass is 9.96. The van der Waals surface area contributed by atoms with Crippen LogP contribution in [0.25, 0.3) is 0 Å². The number of rotatable bonds is 9. The van der Waals surface area contributed by atoms with Gasteiger partial charge in [-0.15, -0.1) is 0 Å². The average Bonchev–Trinajstić information content (AvgIpc) is 2.67. The zero-order chi connectivity index (χ0) is 23.3. The zero-order valence-electron chi connectivity index (χ0n) is 18.1. The van der Waals surface area contributed by atoms with Crippen LogP contribution in [0.2, 0.25) is 0 Å². The van der Waals surface area contributed by atoms with Crippen molar-refractivity contribution in [1.29, 1.82) is 0 Å². The van der Waals surface area contributed by atoms with Crippen LogP contribution in [-0.4, -0.2) is 35.5 Å². The van der Waals surface area contributed by atoms with Crippen molar-refractivity contribution in [2.75, 3.05) is 7.11 Å². The Hall–Kier alpha value is -3.55. The fourth-order valence-corrected chi connectivity index (χ4v) is 3.30. The number of carbonyl (C=O) groups excluding carboxylic acids is 2. The molecule has 8 nitrogen and oxygen atoms in total. The molecular formula is C23H26O8. The summed E-state index contributed by atoms with van der Waals surface area (Å²) in [6, 6.07) is 5.83. The maximum atomic E-state index is 12.1. The largest absolute Gasteiger partial charge is 0.504 e. The van der Waals surface area contributed by atoms with Crippen molar-refractivity contribution in [2.24, 2.45) is 5.92 Å². The van der Waals surface area contributed by atoms with Gasteiger partial charge in [-0.25, -0.2) is 4.79 Å². The van der Waals surface area contributed by atoms with E-state index in [0.717, 1.165) is 0 Å². The highest BCUT2D eigenvalue weighted by atomic mass is 16.5. The normalized spacial score (nSPS) is 11.7. The van der Waals surface area contributed by atoms with Crippen molar-refractivity contribution in [3.63, 3.8) is 0 Å². The molecule has 0 bridgehead atoms. The van der Waals surface area contributed by atoms with Crippen molar-refractivity contribution in [3.8, 4) is 23.0 Å². The Labute approximate surface area is 180 Å². The van der Waals surface area contributed by atoms with E-state index >= 15 is 0 Å². The molecule has 2 rings (SSSR count). The molecule has 0 aromatic heterocycles. The molecule has 2 aromatic carbocycles. The number of esters is 1. The Morgan fingerprint density at radius 2 is 1.84 bits per heavy atom. The fourth-order valence-electron chi connectivity index (χ4n) is 3.30. The van der Waals surface area contributed by atoms with Gasteiger partial charge in [0.1, 0.15) is 23.2 Å². The average molecular weight is 430 g/mol. The lowest BCUT2D eigenvalue weighted by molar-refractivity contribution is -0.147. The first-order valence-corrected chi connectivity index (χ1v) is 9.67. The number of aldehydes is 1. The number of aryl methyl sites for hydroxylation is 1. The van der Waals surface area contributed by atoms with Crippen LogP contribution >= 0.6 is 0 Å². The molecule has 0 heterocycles. The van der Waals surface area contributed by atoms with Crippen LogP contribution in [0.1, 0.15) is 65.1 Å². The van der Waals surface area contributed by atoms with Crippen molar-refractivity contribution in [2.45, 2.75) is 40.2 Å². The van der Waals surface area contributed by atoms with Crippen LogP contribution in [0, 0.1) is 12.8 Å². The van der Waals surface area contributed by atoms with Crippen LogP contribution in [0.5, 0.6) is 23.0 Å². The number of aromatic carboxylic acids is 1. The molecule has 0 saturated heterocycles. The molecule has 0 radical (unpaired) electrons. The summed E-state index contributed by atoms with van der Waals surface area (Å²) < 4.78 is 16.5. The van der Waals surface area contributed by atoms with Crippen LogP contribution < -0.4 is 9.47 Å². The smallest absolute Gasteiger partial charge is 0.343 e. The summed E-state index contributed by atoms with van der Waals surface area (Å²) in [5.74, 6) is -2.35. The van der Waals surface area contributed by atoms with Gasteiger partial charge in [-0.3, -0.25) is 9.59 Å². The molecule has 0 saturated carbocycles. The van der Waals surface area contributed by atoms with Gasteiger partial charge < -0.3 is 24.4 Å². The molecule has 0 spiro atoms. The van der Waals surface area contributed by atoms with Gasteiger partial charge in [0, 0.05) is 12.5 Å². The van der Waals surface area contributed by atoms with Crippen LogP contribution in [0.4, 0.5) is 0 Å². The third-order valence-corrected chi connectivity index (χ3v) is 4.49. The third-order valence-electron chi connectivity index (χ3n) is 4.49. The number of aromatic hydroxyl groups is 1. The second kappa shape index (κ2) is 9.97. The number of methoxy groups -OCH3 is 1. The zero-order valence-corrected chi connectivity index (χ0v) is 18.1. The van der Waals surface area contributed by atoms with Crippen molar-refractivity contribution in [1.82, 2.24) is 0 Å². The molecule has 0 aliphatic carbocycles. The summed E-state index contributed by atoms with van der Waals surface area (Å²) in [5.41, 5.74) is 0.753. The molecule has 31 heavy (non-hydrogen) atoms. The highest BCUT2D eigenvalue weighted by Crippen LogP contribution is 2.42. The number of benzene rings is 2. The van der Waals surface area contributed by atoms with E-state index in [4.69, 9.17) is 14.2 Å². The van der Waals surface area contributed by atoms with Crippen LogP contribution in [0.15, 0.2) is 24.3 Å². The number of ether oxygens (including phenoxy) is 3. The third kappa shape index (κ3) is 5.53. The summed E-state index contributed by atoms with van der Waals surface area (Å²) in [5, 5.41) is 20.1. The van der Waals surface area contributed by atoms with E-state index in [0.29, 0.717) is 23.8 Å². The molecule has 166 valence electrons. The lowest BCUT2D eigenvalue weighted by Crippen LogP contribution is -2.14. The van der Waals surface area contributed by atoms with Gasteiger partial charge >= 0.3 is 11.9 Å². The molecule has 1 atom stereocenters. The highest BCUT2D eigenvalue weighted by molar-refractivity contribution is 5.95. The number of hydrogen-bond acceptors (Lipinski definition) is 7. The van der Waals surface area contributed by atoms with E-state index in [1.807, 2.05) is 13.8 Å². The number of phenols is 1. The van der Waals surface area contributed by atoms with Gasteiger partial charge in [0.05, 0.1) is 12.7 Å². The van der Waals surface area contributed by atoms with Gasteiger partial charge in [0.2, 0.25) is 0 Å². The summed E-state index contributed by atoms with van der Waals surface area (Å²) in [6.45, 7) is 6.86. The Kier molecular flexibility index (Phi) is 7.63. The second-order valence-electron chi connectivity index (χ2n) is 7.52. The SMILES string of the molecule is COc1c([C@@H](CC(C)C)OC(C)=O)ccc(Oc2c(O)cc(C)cc2C=O)c1C(=O)O. The van der Waals surface area contributed by atoms with Crippen molar-refractivity contribution < 1.29 is 38.8 Å². The molecule has 0 fully saturated rings. The predicted octanol–water partition coefficient (Wildman–Crippen LogP) is 4.66. The van der Waals surface area contributed by atoms with Gasteiger partial charge in [0.25, 0.3) is 0 Å². The number of carboxylic acid groups (broad SMARTS) is 1. The molecule has 2 aromatic rings. The maximum absolute atomic E-state index is 12.1. The van der Waals surface area contributed by atoms with Crippen LogP contribution in [-0.2, 0) is 9.53 Å². The number of carboxylic acids is 1. The van der Waals surface area contributed by atoms with Gasteiger partial charge in [-0.05, 0) is 49.1 Å². The minimum absolute atomic E-state index is 0.0313. The van der Waals surface area contributed by atoms with E-state index in [-0.39, 0.29) is 40.0 Å². The van der Waals surface area contributed by atoms with Gasteiger partial charge in [-0.1, -0.05) is 13.8 Å². The Morgan fingerprint density at radius 1 is 1.16 bits per heavy atom. The minimum atomic E-state index is -1.35. The number of carbonyl (C=O) groups is 3. The van der Waals surface area contributed by atoms with Crippen molar-refractivity contribution in [3.05, 3.63) is 46.5 Å². The highest BCUT2D eigenvalue weighted by Gasteiger charge is 2.28. The first-order valence-electron chi connectivity index (χ1n) is 9.67. The summed E-state index contributed by atoms with van der Waals surface area (Å²) >= 11 is 0. The quantitative estimate of drug-likeness (QED) is 0.435. The molecular weight excluding hydrogens is 404 g/mol. The van der Waals surface area contributed by atoms with E-state index in [1.165, 1.54) is 32.2 Å². The number of phenolic OH excluding ortho intramolecular Hbond substituents is 1. The molecule has 0 unspecified atom stereocenters. The van der Waals surface area contributed by atoms with Crippen LogP contribution in [0.3, 0.4) is 0 Å². The first-order chi connectivity index (χ1) is 14.6. The molecule has 0 aliphatic rings. The number of hydrogen-bond donors (Lipinski definition) is 2. The van der Waals surface area contributed by atoms with Gasteiger partial charge in [-0.2, -0.15) is 0 Å². The summed E-state index contributed by atoms with van der Waals surface area (Å²) in [7, 11) is 1.30. The standard InChI is InChI=1S/C23H26O8/c1-12(2)8-19(30-14(4)25)16-6-7-18(20(23(27)28)22(16)29-5)31-21-15(11-24)9-13(3)10-17(21)26/h6-7,9-12,19,26H,8H2,1-5H3,(H,27,28)/t19-/m1/s1. The monoisotopic (exact) mass is 430 g/mol. The van der Waals surface area contributed by atoms with Crippen molar-refractivity contribution >= 4 is 18.2 Å². The topological polar surface area (TPSA) is 119 Å². The minimum Gasteiger partial charge on any atom is -0.504 e. The Balaban J connectivity index is 2.66. The van der Waals surface area contributed by atoms with E-state index in [1.54, 1.807) is 13.0 Å². The maximum Gasteiger partial charge on any atom is 0.343 e. The van der Waals surface area contributed by atoms with E-state index < -0.39 is 18.0 Å². The lowest BCUT2D eigenvalue weighted by Gasteiger charge is -2.23. The first kappa shape index (κ1) is 23.7. The molecule has 8 heteroatoms. The summed E-state index contributed by atoms with van der Waals surface area (Å²) in [6.07, 6.45) is 0.231. The molecule has 0 aliphatic heterocycles. The Bertz CT molecular complexity index is 994. The molecule has 0 amide bonds. The fraction of sp³-hybridized carbons (Fsp3) is 0.348.